The lowest BCUT2D eigenvalue weighted by Gasteiger charge is -2.32. The Hall–Kier alpha value is -2.80. The summed E-state index contributed by atoms with van der Waals surface area (Å²) >= 11 is 0. The molecule has 27 heavy (non-hydrogen) atoms. The number of rotatable bonds is 5. The zero-order valence-corrected chi connectivity index (χ0v) is 15.8. The van der Waals surface area contributed by atoms with Crippen molar-refractivity contribution in [2.45, 2.75) is 32.2 Å². The normalized spacial score (nSPS) is 17.8. The van der Waals surface area contributed by atoms with Gasteiger partial charge in [-0.15, -0.1) is 0 Å². The maximum absolute atomic E-state index is 4.67. The Morgan fingerprint density at radius 1 is 1.15 bits per heavy atom. The van der Waals surface area contributed by atoms with E-state index in [4.69, 9.17) is 0 Å². The van der Waals surface area contributed by atoms with Crippen LogP contribution in [-0.2, 0) is 13.6 Å². The molecule has 1 fully saturated rings. The largest absolute Gasteiger partial charge is 0.337 e. The number of anilines is 2. The number of aryl methyl sites for hydroxylation is 2. The standard InChI is InChI=1S/C20H25N7/c1-15-5-3-7-18(24-15)25-19-12-22-17(11-23-19)16-6-4-9-27(13-16)14-20-21-8-10-26(20)2/h3,5,7-8,10-12,16H,4,6,9,13-14H2,1-2H3,(H,23,24,25)/t16-/m0/s1. The van der Waals surface area contributed by atoms with Gasteiger partial charge in [0.1, 0.15) is 17.5 Å². The molecule has 3 aromatic heterocycles. The zero-order valence-electron chi connectivity index (χ0n) is 15.8. The first-order valence-corrected chi connectivity index (χ1v) is 9.38. The molecule has 4 rings (SSSR count). The van der Waals surface area contributed by atoms with Crippen LogP contribution >= 0.6 is 0 Å². The Kier molecular flexibility index (Phi) is 5.11. The Labute approximate surface area is 159 Å². The van der Waals surface area contributed by atoms with Crippen LogP contribution in [0, 0.1) is 6.92 Å². The van der Waals surface area contributed by atoms with Crippen LogP contribution in [0.2, 0.25) is 0 Å². The first-order valence-electron chi connectivity index (χ1n) is 9.38. The average Bonchev–Trinajstić information content (AvgIpc) is 3.07. The lowest BCUT2D eigenvalue weighted by Crippen LogP contribution is -2.35. The van der Waals surface area contributed by atoms with Crippen molar-refractivity contribution >= 4 is 11.6 Å². The van der Waals surface area contributed by atoms with Gasteiger partial charge in [-0.2, -0.15) is 0 Å². The summed E-state index contributed by atoms with van der Waals surface area (Å²) in [4.78, 5) is 20.6. The highest BCUT2D eigenvalue weighted by Crippen LogP contribution is 2.26. The summed E-state index contributed by atoms with van der Waals surface area (Å²) in [6.07, 6.45) is 9.88. The lowest BCUT2D eigenvalue weighted by atomic mass is 9.95. The van der Waals surface area contributed by atoms with E-state index in [2.05, 4.69) is 34.7 Å². The predicted octanol–water partition coefficient (Wildman–Crippen LogP) is 3.04. The van der Waals surface area contributed by atoms with Gasteiger partial charge in [0, 0.05) is 37.6 Å². The molecule has 1 N–H and O–H groups in total. The van der Waals surface area contributed by atoms with Gasteiger partial charge in [0.15, 0.2) is 0 Å². The van der Waals surface area contributed by atoms with Crippen molar-refractivity contribution in [3.05, 3.63) is 60.2 Å². The van der Waals surface area contributed by atoms with Crippen LogP contribution in [0.3, 0.4) is 0 Å². The topological polar surface area (TPSA) is 71.8 Å². The summed E-state index contributed by atoms with van der Waals surface area (Å²) in [5.74, 6) is 3.03. The van der Waals surface area contributed by atoms with E-state index in [9.17, 15) is 0 Å². The summed E-state index contributed by atoms with van der Waals surface area (Å²) in [5.41, 5.74) is 2.03. The first-order chi connectivity index (χ1) is 13.2. The molecule has 0 spiro atoms. The molecule has 1 saturated heterocycles. The van der Waals surface area contributed by atoms with Gasteiger partial charge in [-0.25, -0.2) is 15.0 Å². The molecular formula is C20H25N7. The van der Waals surface area contributed by atoms with Gasteiger partial charge >= 0.3 is 0 Å². The molecular weight excluding hydrogens is 338 g/mol. The van der Waals surface area contributed by atoms with Gasteiger partial charge in [-0.05, 0) is 38.4 Å². The Morgan fingerprint density at radius 3 is 2.81 bits per heavy atom. The van der Waals surface area contributed by atoms with Crippen molar-refractivity contribution in [2.75, 3.05) is 18.4 Å². The second-order valence-electron chi connectivity index (χ2n) is 7.14. The molecule has 1 aliphatic rings. The van der Waals surface area contributed by atoms with Crippen molar-refractivity contribution < 1.29 is 0 Å². The van der Waals surface area contributed by atoms with Gasteiger partial charge in [0.25, 0.3) is 0 Å². The van der Waals surface area contributed by atoms with E-state index < -0.39 is 0 Å². The Balaban J connectivity index is 1.40. The average molecular weight is 363 g/mol. The smallest absolute Gasteiger partial charge is 0.150 e. The minimum atomic E-state index is 0.415. The van der Waals surface area contributed by atoms with Gasteiger partial charge in [-0.1, -0.05) is 6.07 Å². The molecule has 0 aliphatic carbocycles. The fourth-order valence-corrected chi connectivity index (χ4v) is 3.55. The van der Waals surface area contributed by atoms with Gasteiger partial charge in [-0.3, -0.25) is 9.88 Å². The van der Waals surface area contributed by atoms with Crippen LogP contribution in [0.4, 0.5) is 11.6 Å². The third-order valence-corrected chi connectivity index (χ3v) is 5.03. The van der Waals surface area contributed by atoms with Gasteiger partial charge in [0.05, 0.1) is 24.6 Å². The zero-order chi connectivity index (χ0) is 18.6. The van der Waals surface area contributed by atoms with Crippen molar-refractivity contribution in [1.29, 1.82) is 0 Å². The van der Waals surface area contributed by atoms with Gasteiger partial charge in [0.2, 0.25) is 0 Å². The molecule has 1 atom stereocenters. The van der Waals surface area contributed by atoms with Crippen LogP contribution in [0.25, 0.3) is 0 Å². The third-order valence-electron chi connectivity index (χ3n) is 5.03. The quantitative estimate of drug-likeness (QED) is 0.751. The molecule has 0 bridgehead atoms. The molecule has 0 amide bonds. The Bertz CT molecular complexity index is 887. The highest BCUT2D eigenvalue weighted by atomic mass is 15.2. The fourth-order valence-electron chi connectivity index (χ4n) is 3.55. The molecule has 1 aliphatic heterocycles. The minimum Gasteiger partial charge on any atom is -0.337 e. The Morgan fingerprint density at radius 2 is 2.07 bits per heavy atom. The summed E-state index contributed by atoms with van der Waals surface area (Å²) in [6, 6.07) is 5.88. The predicted molar refractivity (Wildman–Crippen MR) is 105 cm³/mol. The van der Waals surface area contributed by atoms with E-state index in [1.54, 1.807) is 6.20 Å². The maximum atomic E-state index is 4.67. The number of piperidine rings is 1. The van der Waals surface area contributed by atoms with Crippen molar-refractivity contribution in [3.8, 4) is 0 Å². The molecule has 4 heterocycles. The summed E-state index contributed by atoms with van der Waals surface area (Å²) < 4.78 is 2.09. The SMILES string of the molecule is Cc1cccc(Nc2cnc([C@H]3CCCN(Cc4nccn4C)C3)cn2)n1. The molecule has 7 heteroatoms. The van der Waals surface area contributed by atoms with Crippen LogP contribution in [0.1, 0.15) is 36.0 Å². The number of aromatic nitrogens is 5. The molecule has 0 aromatic carbocycles. The highest BCUT2D eigenvalue weighted by Gasteiger charge is 2.23. The highest BCUT2D eigenvalue weighted by molar-refractivity contribution is 5.50. The molecule has 140 valence electrons. The van der Waals surface area contributed by atoms with Crippen LogP contribution in [-0.4, -0.2) is 42.5 Å². The summed E-state index contributed by atoms with van der Waals surface area (Å²) in [5, 5.41) is 3.21. The number of nitrogens with zero attached hydrogens (tertiary/aromatic N) is 6. The van der Waals surface area contributed by atoms with Crippen molar-refractivity contribution in [3.63, 3.8) is 0 Å². The minimum absolute atomic E-state index is 0.415. The van der Waals surface area contributed by atoms with E-state index in [0.717, 1.165) is 54.9 Å². The van der Waals surface area contributed by atoms with Crippen molar-refractivity contribution in [1.82, 2.24) is 29.4 Å². The number of nitrogens with one attached hydrogen (secondary N) is 1. The summed E-state index contributed by atoms with van der Waals surface area (Å²) in [7, 11) is 2.05. The van der Waals surface area contributed by atoms with E-state index in [0.29, 0.717) is 5.92 Å². The molecule has 3 aromatic rings. The van der Waals surface area contributed by atoms with Gasteiger partial charge < -0.3 is 9.88 Å². The van der Waals surface area contributed by atoms with Crippen LogP contribution in [0.15, 0.2) is 43.0 Å². The number of hydrogen-bond acceptors (Lipinski definition) is 6. The second-order valence-corrected chi connectivity index (χ2v) is 7.14. The molecule has 0 saturated carbocycles. The van der Waals surface area contributed by atoms with Crippen LogP contribution in [0.5, 0.6) is 0 Å². The second kappa shape index (κ2) is 7.84. The first kappa shape index (κ1) is 17.6. The number of hydrogen-bond donors (Lipinski definition) is 1. The van der Waals surface area contributed by atoms with Crippen molar-refractivity contribution in [2.24, 2.45) is 7.05 Å². The number of likely N-dealkylation sites (tertiary alicyclic amines) is 1. The molecule has 0 radical (unpaired) electrons. The maximum Gasteiger partial charge on any atom is 0.150 e. The summed E-state index contributed by atoms with van der Waals surface area (Å²) in [6.45, 7) is 4.95. The fraction of sp³-hybridized carbons (Fsp3) is 0.400. The lowest BCUT2D eigenvalue weighted by molar-refractivity contribution is 0.192. The third kappa shape index (κ3) is 4.31. The monoisotopic (exact) mass is 363 g/mol. The van der Waals surface area contributed by atoms with E-state index in [-0.39, 0.29) is 0 Å². The molecule has 0 unspecified atom stereocenters. The number of pyridine rings is 1. The molecule has 7 nitrogen and oxygen atoms in total. The number of imidazole rings is 1. The van der Waals surface area contributed by atoms with E-state index in [1.807, 2.05) is 50.8 Å². The van der Waals surface area contributed by atoms with E-state index >= 15 is 0 Å². The van der Waals surface area contributed by atoms with Crippen LogP contribution < -0.4 is 5.32 Å². The van der Waals surface area contributed by atoms with E-state index in [1.165, 1.54) is 6.42 Å².